The zero-order valence-corrected chi connectivity index (χ0v) is 13.0. The fraction of sp³-hybridized carbons (Fsp3) is 0.706. The summed E-state index contributed by atoms with van der Waals surface area (Å²) in [5, 5.41) is 4.52. The van der Waals surface area contributed by atoms with E-state index in [1.54, 1.807) is 10.7 Å². The molecule has 1 aliphatic heterocycles. The molecule has 1 saturated carbocycles. The van der Waals surface area contributed by atoms with Gasteiger partial charge < -0.3 is 4.90 Å². The van der Waals surface area contributed by atoms with Crippen molar-refractivity contribution < 1.29 is 4.79 Å². The molecule has 5 nitrogen and oxygen atoms in total. The van der Waals surface area contributed by atoms with Crippen LogP contribution in [0.5, 0.6) is 0 Å². The van der Waals surface area contributed by atoms with Gasteiger partial charge in [-0.05, 0) is 37.7 Å². The molecule has 1 amide bonds. The fourth-order valence-electron chi connectivity index (χ4n) is 4.11. The summed E-state index contributed by atoms with van der Waals surface area (Å²) in [6, 6.07) is 1.76. The molecular formula is C17H23N3O2. The maximum atomic E-state index is 12.3. The van der Waals surface area contributed by atoms with Gasteiger partial charge in [-0.3, -0.25) is 9.59 Å². The summed E-state index contributed by atoms with van der Waals surface area (Å²) in [6.45, 7) is 2.24. The normalized spacial score (nSPS) is 21.9. The van der Waals surface area contributed by atoms with E-state index in [0.29, 0.717) is 18.4 Å². The minimum atomic E-state index is 0.0150. The van der Waals surface area contributed by atoms with Crippen LogP contribution in [0.3, 0.4) is 0 Å². The number of amides is 1. The van der Waals surface area contributed by atoms with Gasteiger partial charge in [0.15, 0.2) is 0 Å². The Hall–Kier alpha value is -1.65. The molecule has 0 aromatic carbocycles. The Morgan fingerprint density at radius 3 is 2.73 bits per heavy atom. The third kappa shape index (κ3) is 2.46. The van der Waals surface area contributed by atoms with E-state index in [1.165, 1.54) is 12.8 Å². The molecule has 3 aliphatic rings. The van der Waals surface area contributed by atoms with Gasteiger partial charge in [0.25, 0.3) is 5.56 Å². The van der Waals surface area contributed by atoms with E-state index in [2.05, 4.69) is 5.10 Å². The molecule has 2 fully saturated rings. The smallest absolute Gasteiger partial charge is 0.267 e. The molecule has 0 N–H and O–H groups in total. The summed E-state index contributed by atoms with van der Waals surface area (Å²) in [6.07, 6.45) is 7.61. The number of fused-ring (bicyclic) bond motifs is 1. The van der Waals surface area contributed by atoms with E-state index < -0.39 is 0 Å². The fourth-order valence-corrected chi connectivity index (χ4v) is 4.11. The Morgan fingerprint density at radius 2 is 1.95 bits per heavy atom. The van der Waals surface area contributed by atoms with E-state index in [1.807, 2.05) is 4.90 Å². The first-order valence-electron chi connectivity index (χ1n) is 8.59. The second-order valence-electron chi connectivity index (χ2n) is 7.08. The van der Waals surface area contributed by atoms with Crippen molar-refractivity contribution in [3.63, 3.8) is 0 Å². The molecule has 1 aromatic rings. The van der Waals surface area contributed by atoms with Crippen LogP contribution in [0.1, 0.15) is 43.4 Å². The maximum Gasteiger partial charge on any atom is 0.267 e. The first kappa shape index (κ1) is 14.0. The van der Waals surface area contributed by atoms with Crippen LogP contribution in [0, 0.1) is 11.8 Å². The molecule has 5 heteroatoms. The van der Waals surface area contributed by atoms with Crippen LogP contribution in [-0.2, 0) is 24.2 Å². The van der Waals surface area contributed by atoms with Crippen LogP contribution < -0.4 is 5.56 Å². The quantitative estimate of drug-likeness (QED) is 0.847. The molecule has 0 atom stereocenters. The Kier molecular flexibility index (Phi) is 3.51. The monoisotopic (exact) mass is 301 g/mol. The maximum absolute atomic E-state index is 12.3. The van der Waals surface area contributed by atoms with E-state index in [4.69, 9.17) is 0 Å². The van der Waals surface area contributed by atoms with Gasteiger partial charge in [-0.1, -0.05) is 12.8 Å². The largest absolute Gasteiger partial charge is 0.342 e. The van der Waals surface area contributed by atoms with Gasteiger partial charge in [-0.15, -0.1) is 0 Å². The lowest BCUT2D eigenvalue weighted by Gasteiger charge is -2.40. The molecule has 0 spiro atoms. The summed E-state index contributed by atoms with van der Waals surface area (Å²) in [5.41, 5.74) is 2.24. The van der Waals surface area contributed by atoms with Crippen LogP contribution in [0.2, 0.25) is 0 Å². The van der Waals surface area contributed by atoms with Crippen LogP contribution in [0.25, 0.3) is 0 Å². The van der Waals surface area contributed by atoms with Crippen molar-refractivity contribution in [1.82, 2.24) is 14.7 Å². The number of rotatable bonds is 3. The highest BCUT2D eigenvalue weighted by molar-refractivity contribution is 5.79. The molecule has 118 valence electrons. The average molecular weight is 301 g/mol. The van der Waals surface area contributed by atoms with Crippen molar-refractivity contribution >= 4 is 5.91 Å². The minimum absolute atomic E-state index is 0.0150. The highest BCUT2D eigenvalue weighted by Crippen LogP contribution is 2.29. The number of hydrogen-bond acceptors (Lipinski definition) is 3. The van der Waals surface area contributed by atoms with Gasteiger partial charge in [-0.2, -0.15) is 5.10 Å². The molecule has 0 unspecified atom stereocenters. The van der Waals surface area contributed by atoms with E-state index in [0.717, 1.165) is 56.5 Å². The van der Waals surface area contributed by atoms with E-state index >= 15 is 0 Å². The molecule has 0 radical (unpaired) electrons. The van der Waals surface area contributed by atoms with Gasteiger partial charge in [-0.25, -0.2) is 4.68 Å². The van der Waals surface area contributed by atoms with Gasteiger partial charge in [0.2, 0.25) is 5.91 Å². The Labute approximate surface area is 130 Å². The standard InChI is InChI=1S/C17H23N3O2/c21-16-8-14-6-3-7-15(14)18-20(16)11-12-9-19(10-12)17(22)13-4-1-2-5-13/h8,12-13H,1-7,9-11H2. The lowest BCUT2D eigenvalue weighted by molar-refractivity contribution is -0.142. The summed E-state index contributed by atoms with van der Waals surface area (Å²) < 4.78 is 1.62. The van der Waals surface area contributed by atoms with Crippen molar-refractivity contribution in [3.8, 4) is 0 Å². The van der Waals surface area contributed by atoms with Crippen molar-refractivity contribution in [3.05, 3.63) is 27.7 Å². The molecule has 0 bridgehead atoms. The SMILES string of the molecule is O=C(C1CCCC1)N1CC(Cn2nc3c(cc2=O)CCC3)C1. The first-order valence-corrected chi connectivity index (χ1v) is 8.59. The van der Waals surface area contributed by atoms with Crippen molar-refractivity contribution in [2.75, 3.05) is 13.1 Å². The summed E-state index contributed by atoms with van der Waals surface area (Å²) in [5.74, 6) is 0.986. The van der Waals surface area contributed by atoms with Crippen molar-refractivity contribution in [2.24, 2.45) is 11.8 Å². The number of likely N-dealkylation sites (tertiary alicyclic amines) is 1. The summed E-state index contributed by atoms with van der Waals surface area (Å²) in [7, 11) is 0. The number of carbonyl (C=O) groups excluding carboxylic acids is 1. The van der Waals surface area contributed by atoms with Crippen molar-refractivity contribution in [2.45, 2.75) is 51.5 Å². The Bertz CT molecular complexity index is 640. The number of aromatic nitrogens is 2. The van der Waals surface area contributed by atoms with E-state index in [-0.39, 0.29) is 11.5 Å². The molecule has 1 saturated heterocycles. The second kappa shape index (κ2) is 5.52. The van der Waals surface area contributed by atoms with Gasteiger partial charge in [0, 0.05) is 31.0 Å². The predicted octanol–water partition coefficient (Wildman–Crippen LogP) is 1.38. The molecule has 1 aromatic heterocycles. The summed E-state index contributed by atoms with van der Waals surface area (Å²) >= 11 is 0. The molecular weight excluding hydrogens is 278 g/mol. The Morgan fingerprint density at radius 1 is 1.18 bits per heavy atom. The average Bonchev–Trinajstić information content (AvgIpc) is 3.12. The minimum Gasteiger partial charge on any atom is -0.342 e. The molecule has 2 aliphatic carbocycles. The molecule has 2 heterocycles. The number of hydrogen-bond donors (Lipinski definition) is 0. The Balaban J connectivity index is 1.36. The number of aryl methyl sites for hydroxylation is 2. The highest BCUT2D eigenvalue weighted by atomic mass is 16.2. The second-order valence-corrected chi connectivity index (χ2v) is 7.08. The highest BCUT2D eigenvalue weighted by Gasteiger charge is 2.35. The van der Waals surface area contributed by atoms with Gasteiger partial charge >= 0.3 is 0 Å². The van der Waals surface area contributed by atoms with Crippen LogP contribution >= 0.6 is 0 Å². The van der Waals surface area contributed by atoms with Gasteiger partial charge in [0.05, 0.1) is 12.2 Å². The zero-order valence-electron chi connectivity index (χ0n) is 13.0. The topological polar surface area (TPSA) is 55.2 Å². The van der Waals surface area contributed by atoms with Crippen LogP contribution in [0.4, 0.5) is 0 Å². The predicted molar refractivity (Wildman–Crippen MR) is 82.6 cm³/mol. The van der Waals surface area contributed by atoms with Crippen LogP contribution in [0.15, 0.2) is 10.9 Å². The molecule has 4 rings (SSSR count). The lowest BCUT2D eigenvalue weighted by atomic mass is 9.96. The lowest BCUT2D eigenvalue weighted by Crippen LogP contribution is -2.53. The first-order chi connectivity index (χ1) is 10.7. The summed E-state index contributed by atoms with van der Waals surface area (Å²) in [4.78, 5) is 26.4. The van der Waals surface area contributed by atoms with E-state index in [9.17, 15) is 9.59 Å². The van der Waals surface area contributed by atoms with Crippen molar-refractivity contribution in [1.29, 1.82) is 0 Å². The molecule has 22 heavy (non-hydrogen) atoms. The third-order valence-corrected chi connectivity index (χ3v) is 5.43. The number of nitrogens with zero attached hydrogens (tertiary/aromatic N) is 3. The number of carbonyl (C=O) groups is 1. The van der Waals surface area contributed by atoms with Gasteiger partial charge in [0.1, 0.15) is 0 Å². The third-order valence-electron chi connectivity index (χ3n) is 5.43. The van der Waals surface area contributed by atoms with Crippen LogP contribution in [-0.4, -0.2) is 33.7 Å². The zero-order chi connectivity index (χ0) is 15.1.